The Kier molecular flexibility index (Phi) is 2.49. The molecule has 15 heavy (non-hydrogen) atoms. The summed E-state index contributed by atoms with van der Waals surface area (Å²) in [5.41, 5.74) is 1.07. The number of nitrogens with zero attached hydrogens (tertiary/aromatic N) is 2. The number of hydrogen-bond acceptors (Lipinski definition) is 1. The number of hydrogen-bond donors (Lipinski definition) is 0. The molecule has 0 fully saturated rings. The van der Waals surface area contributed by atoms with Crippen molar-refractivity contribution in [2.24, 2.45) is 0 Å². The van der Waals surface area contributed by atoms with E-state index >= 15 is 0 Å². The van der Waals surface area contributed by atoms with E-state index in [1.54, 1.807) is 10.9 Å². The molecule has 2 aromatic rings. The number of fused-ring (bicyclic) bond motifs is 1. The van der Waals surface area contributed by atoms with Gasteiger partial charge in [-0.2, -0.15) is 0 Å². The predicted molar refractivity (Wildman–Crippen MR) is 54.5 cm³/mol. The zero-order valence-corrected chi connectivity index (χ0v) is 8.24. The smallest absolute Gasteiger partial charge is 0.161 e. The fourth-order valence-corrected chi connectivity index (χ4v) is 1.42. The summed E-state index contributed by atoms with van der Waals surface area (Å²) in [4.78, 5) is 4.00. The van der Waals surface area contributed by atoms with Crippen LogP contribution in [0.5, 0.6) is 0 Å². The molecule has 1 aromatic carbocycles. The Morgan fingerprint density at radius 2 is 2.07 bits per heavy atom. The van der Waals surface area contributed by atoms with Crippen LogP contribution in [0.4, 0.5) is 8.78 Å². The first kappa shape index (κ1) is 9.83. The van der Waals surface area contributed by atoms with Gasteiger partial charge in [0.1, 0.15) is 0 Å². The second kappa shape index (κ2) is 3.81. The average Bonchev–Trinajstić information content (AvgIpc) is 2.59. The van der Waals surface area contributed by atoms with Gasteiger partial charge in [0.05, 0.1) is 17.4 Å². The Labute approximate surface area is 85.9 Å². The van der Waals surface area contributed by atoms with E-state index in [0.29, 0.717) is 17.6 Å². The number of halogens is 2. The maximum Gasteiger partial charge on any atom is 0.161 e. The summed E-state index contributed by atoms with van der Waals surface area (Å²) in [7, 11) is 0. The monoisotopic (exact) mass is 208 g/mol. The van der Waals surface area contributed by atoms with Crippen molar-refractivity contribution in [2.45, 2.75) is 13.5 Å². The largest absolute Gasteiger partial charge is 0.327 e. The van der Waals surface area contributed by atoms with Gasteiger partial charge < -0.3 is 4.57 Å². The molecule has 2 rings (SSSR count). The molecule has 4 heteroatoms. The first-order valence-electron chi connectivity index (χ1n) is 4.63. The second-order valence-electron chi connectivity index (χ2n) is 3.22. The minimum atomic E-state index is -0.862. The van der Waals surface area contributed by atoms with Gasteiger partial charge in [0.15, 0.2) is 11.6 Å². The highest BCUT2D eigenvalue weighted by atomic mass is 19.2. The third-order valence-corrected chi connectivity index (χ3v) is 2.20. The lowest BCUT2D eigenvalue weighted by atomic mass is 10.3. The Morgan fingerprint density at radius 3 is 2.80 bits per heavy atom. The van der Waals surface area contributed by atoms with Crippen molar-refractivity contribution in [2.75, 3.05) is 0 Å². The SMILES string of the molecule is C/C=C/Cn1cnc2cc(F)c(F)cc21. The first-order chi connectivity index (χ1) is 7.22. The highest BCUT2D eigenvalue weighted by molar-refractivity contribution is 5.75. The molecule has 0 bridgehead atoms. The molecular weight excluding hydrogens is 198 g/mol. The standard InChI is InChI=1S/C11H10F2N2/c1-2-3-4-15-7-14-10-5-8(12)9(13)6-11(10)15/h2-3,5-7H,4H2,1H3/b3-2+. The van der Waals surface area contributed by atoms with Crippen molar-refractivity contribution in [3.63, 3.8) is 0 Å². The van der Waals surface area contributed by atoms with E-state index in [4.69, 9.17) is 0 Å². The zero-order valence-electron chi connectivity index (χ0n) is 8.24. The Bertz CT molecular complexity index is 515. The molecule has 0 atom stereocenters. The number of imidazole rings is 1. The van der Waals surface area contributed by atoms with Crippen molar-refractivity contribution in [1.82, 2.24) is 9.55 Å². The average molecular weight is 208 g/mol. The van der Waals surface area contributed by atoms with Gasteiger partial charge in [-0.15, -0.1) is 0 Å². The number of benzene rings is 1. The summed E-state index contributed by atoms with van der Waals surface area (Å²) in [5.74, 6) is -1.71. The van der Waals surface area contributed by atoms with Crippen LogP contribution in [0.15, 0.2) is 30.6 Å². The summed E-state index contributed by atoms with van der Waals surface area (Å²) in [5, 5.41) is 0. The van der Waals surface area contributed by atoms with Crippen molar-refractivity contribution in [1.29, 1.82) is 0 Å². The summed E-state index contributed by atoms with van der Waals surface area (Å²) in [6.45, 7) is 2.51. The van der Waals surface area contributed by atoms with E-state index in [-0.39, 0.29) is 0 Å². The van der Waals surface area contributed by atoms with E-state index in [1.807, 2.05) is 19.1 Å². The van der Waals surface area contributed by atoms with Crippen molar-refractivity contribution in [3.8, 4) is 0 Å². The van der Waals surface area contributed by atoms with Gasteiger partial charge in [-0.25, -0.2) is 13.8 Å². The van der Waals surface area contributed by atoms with Crippen LogP contribution >= 0.6 is 0 Å². The van der Waals surface area contributed by atoms with Crippen LogP contribution < -0.4 is 0 Å². The number of rotatable bonds is 2. The lowest BCUT2D eigenvalue weighted by Crippen LogP contribution is -1.93. The lowest BCUT2D eigenvalue weighted by Gasteiger charge is -1.99. The molecule has 1 heterocycles. The summed E-state index contributed by atoms with van der Waals surface area (Å²) >= 11 is 0. The maximum absolute atomic E-state index is 13.0. The molecule has 0 amide bonds. The van der Waals surface area contributed by atoms with E-state index in [0.717, 1.165) is 6.07 Å². The summed E-state index contributed by atoms with van der Waals surface area (Å²) < 4.78 is 27.6. The maximum atomic E-state index is 13.0. The highest BCUT2D eigenvalue weighted by Crippen LogP contribution is 2.17. The molecule has 0 saturated heterocycles. The van der Waals surface area contributed by atoms with Crippen LogP contribution in [0.3, 0.4) is 0 Å². The molecule has 78 valence electrons. The van der Waals surface area contributed by atoms with Crippen molar-refractivity contribution >= 4 is 11.0 Å². The van der Waals surface area contributed by atoms with E-state index in [1.165, 1.54) is 6.07 Å². The third-order valence-electron chi connectivity index (χ3n) is 2.20. The molecule has 1 aromatic heterocycles. The molecule has 0 spiro atoms. The van der Waals surface area contributed by atoms with E-state index in [9.17, 15) is 8.78 Å². The fourth-order valence-electron chi connectivity index (χ4n) is 1.42. The lowest BCUT2D eigenvalue weighted by molar-refractivity contribution is 0.510. The predicted octanol–water partition coefficient (Wildman–Crippen LogP) is 2.89. The molecular formula is C11H10F2N2. The van der Waals surface area contributed by atoms with Crippen LogP contribution in [-0.4, -0.2) is 9.55 Å². The fraction of sp³-hybridized carbons (Fsp3) is 0.182. The molecule has 0 aliphatic heterocycles. The van der Waals surface area contributed by atoms with Gasteiger partial charge >= 0.3 is 0 Å². The highest BCUT2D eigenvalue weighted by Gasteiger charge is 2.07. The molecule has 0 aliphatic carbocycles. The Hall–Kier alpha value is -1.71. The Balaban J connectivity index is 2.54. The van der Waals surface area contributed by atoms with Crippen LogP contribution in [0, 0.1) is 11.6 Å². The summed E-state index contributed by atoms with van der Waals surface area (Å²) in [6, 6.07) is 2.28. The zero-order chi connectivity index (χ0) is 10.8. The number of aromatic nitrogens is 2. The molecule has 0 N–H and O–H groups in total. The molecule has 0 saturated carbocycles. The van der Waals surface area contributed by atoms with Gasteiger partial charge in [-0.3, -0.25) is 0 Å². The molecule has 0 unspecified atom stereocenters. The first-order valence-corrected chi connectivity index (χ1v) is 4.63. The Morgan fingerprint density at radius 1 is 1.33 bits per heavy atom. The van der Waals surface area contributed by atoms with Gasteiger partial charge in [0.25, 0.3) is 0 Å². The van der Waals surface area contributed by atoms with Crippen LogP contribution in [0.1, 0.15) is 6.92 Å². The van der Waals surface area contributed by atoms with Crippen LogP contribution in [0.25, 0.3) is 11.0 Å². The topological polar surface area (TPSA) is 17.8 Å². The van der Waals surface area contributed by atoms with Crippen LogP contribution in [-0.2, 0) is 6.54 Å². The minimum absolute atomic E-state index is 0.471. The number of allylic oxidation sites excluding steroid dienone is 2. The van der Waals surface area contributed by atoms with Crippen molar-refractivity contribution in [3.05, 3.63) is 42.2 Å². The van der Waals surface area contributed by atoms with Crippen LogP contribution in [0.2, 0.25) is 0 Å². The third kappa shape index (κ3) is 1.75. The molecule has 0 radical (unpaired) electrons. The minimum Gasteiger partial charge on any atom is -0.327 e. The van der Waals surface area contributed by atoms with Gasteiger partial charge in [0, 0.05) is 18.7 Å². The second-order valence-corrected chi connectivity index (χ2v) is 3.22. The van der Waals surface area contributed by atoms with E-state index in [2.05, 4.69) is 4.98 Å². The molecule has 2 nitrogen and oxygen atoms in total. The normalized spacial score (nSPS) is 11.7. The van der Waals surface area contributed by atoms with Gasteiger partial charge in [0.2, 0.25) is 0 Å². The van der Waals surface area contributed by atoms with Gasteiger partial charge in [-0.05, 0) is 6.92 Å². The van der Waals surface area contributed by atoms with Gasteiger partial charge in [-0.1, -0.05) is 12.2 Å². The summed E-state index contributed by atoms with van der Waals surface area (Å²) in [6.07, 6.45) is 5.39. The molecule has 0 aliphatic rings. The van der Waals surface area contributed by atoms with E-state index < -0.39 is 11.6 Å². The van der Waals surface area contributed by atoms with Crippen molar-refractivity contribution < 1.29 is 8.78 Å². The quantitative estimate of drug-likeness (QED) is 0.694.